The Balaban J connectivity index is 1.62. The Labute approximate surface area is 250 Å². The van der Waals surface area contributed by atoms with E-state index in [9.17, 15) is 39.6 Å². The van der Waals surface area contributed by atoms with Crippen molar-refractivity contribution in [3.8, 4) is 5.75 Å². The number of aromatic hydroxyl groups is 1. The van der Waals surface area contributed by atoms with Gasteiger partial charge < -0.3 is 31.1 Å². The lowest BCUT2D eigenvalue weighted by Gasteiger charge is -2.50. The van der Waals surface area contributed by atoms with Crippen molar-refractivity contribution >= 4 is 34.7 Å². The van der Waals surface area contributed by atoms with Gasteiger partial charge in [-0.1, -0.05) is 0 Å². The molecule has 1 amide bonds. The van der Waals surface area contributed by atoms with Crippen molar-refractivity contribution < 1.29 is 39.6 Å². The molecule has 1 aromatic rings. The number of ketones is 3. The maximum absolute atomic E-state index is 14.1. The third-order valence-electron chi connectivity index (χ3n) is 9.79. The summed E-state index contributed by atoms with van der Waals surface area (Å²) in [6, 6.07) is 0.481. The summed E-state index contributed by atoms with van der Waals surface area (Å²) in [5, 5.41) is 45.9. The van der Waals surface area contributed by atoms with E-state index >= 15 is 0 Å². The minimum atomic E-state index is -2.69. The van der Waals surface area contributed by atoms with Gasteiger partial charge in [0.1, 0.15) is 28.6 Å². The number of aliphatic hydroxyl groups is 3. The third-order valence-corrected chi connectivity index (χ3v) is 9.79. The summed E-state index contributed by atoms with van der Waals surface area (Å²) < 4.78 is 0. The second kappa shape index (κ2) is 10.8. The molecular weight excluding hydrogens is 556 g/mol. The fourth-order valence-electron chi connectivity index (χ4n) is 7.68. The van der Waals surface area contributed by atoms with Crippen LogP contribution in [0.4, 0.5) is 5.69 Å². The average molecular weight is 597 g/mol. The number of benzene rings is 1. The molecule has 4 aliphatic rings. The molecule has 43 heavy (non-hydrogen) atoms. The Hall–Kier alpha value is -3.74. The highest BCUT2D eigenvalue weighted by molar-refractivity contribution is 6.24. The molecule has 1 heterocycles. The zero-order chi connectivity index (χ0) is 31.7. The molecule has 5 atom stereocenters. The maximum atomic E-state index is 14.1. The minimum Gasteiger partial charge on any atom is -0.508 e. The Morgan fingerprint density at radius 1 is 1.14 bits per heavy atom. The molecule has 3 aliphatic carbocycles. The molecule has 1 aliphatic heterocycles. The largest absolute Gasteiger partial charge is 0.508 e. The van der Waals surface area contributed by atoms with Crippen molar-refractivity contribution in [1.29, 1.82) is 0 Å². The van der Waals surface area contributed by atoms with Gasteiger partial charge in [0.25, 0.3) is 5.91 Å². The molecule has 1 saturated heterocycles. The Kier molecular flexibility index (Phi) is 7.68. The first-order chi connectivity index (χ1) is 20.1. The molecule has 0 aromatic heterocycles. The predicted molar refractivity (Wildman–Crippen MR) is 158 cm³/mol. The van der Waals surface area contributed by atoms with Gasteiger partial charge in [-0.15, -0.1) is 0 Å². The number of hydrogen-bond acceptors (Lipinski definition) is 11. The molecule has 6 N–H and O–H groups in total. The van der Waals surface area contributed by atoms with Crippen LogP contribution in [-0.4, -0.2) is 113 Å². The number of phenolic OH excluding ortho intramolecular Hbond substituents is 1. The maximum Gasteiger partial charge on any atom is 0.255 e. The number of Topliss-reactive ketones (excluding diaryl/α,β-unsaturated/α-hetero) is 3. The molecule has 2 fully saturated rings. The summed E-state index contributed by atoms with van der Waals surface area (Å²) in [7, 11) is 8.66. The number of phenols is 1. The highest BCUT2D eigenvalue weighted by Gasteiger charge is 2.64. The summed E-state index contributed by atoms with van der Waals surface area (Å²) in [6.07, 6.45) is 2.34. The van der Waals surface area contributed by atoms with Gasteiger partial charge in [-0.3, -0.25) is 29.0 Å². The molecule has 1 aromatic carbocycles. The normalized spacial score (nSPS) is 29.1. The third kappa shape index (κ3) is 4.54. The average Bonchev–Trinajstić information content (AvgIpc) is 3.35. The monoisotopic (exact) mass is 596 g/mol. The van der Waals surface area contributed by atoms with Crippen LogP contribution >= 0.6 is 0 Å². The van der Waals surface area contributed by atoms with Crippen molar-refractivity contribution in [2.75, 3.05) is 46.7 Å². The number of anilines is 1. The number of likely N-dealkylation sites (tertiary alicyclic amines) is 1. The second-order valence-electron chi connectivity index (χ2n) is 12.7. The number of hydrogen-bond donors (Lipinski definition) is 5. The van der Waals surface area contributed by atoms with Gasteiger partial charge in [-0.2, -0.15) is 0 Å². The number of nitrogens with zero attached hydrogens (tertiary/aromatic N) is 3. The molecule has 12 heteroatoms. The van der Waals surface area contributed by atoms with Crippen molar-refractivity contribution in [2.24, 2.45) is 17.6 Å². The molecule has 232 valence electrons. The van der Waals surface area contributed by atoms with Crippen molar-refractivity contribution in [2.45, 2.75) is 56.2 Å². The van der Waals surface area contributed by atoms with Crippen LogP contribution in [0.5, 0.6) is 5.75 Å². The Morgan fingerprint density at radius 3 is 2.37 bits per heavy atom. The van der Waals surface area contributed by atoms with E-state index in [2.05, 4.69) is 0 Å². The van der Waals surface area contributed by atoms with E-state index in [4.69, 9.17) is 5.73 Å². The topological polar surface area (TPSA) is 185 Å². The number of carbonyl (C=O) groups excluding carboxylic acids is 4. The number of rotatable bonds is 7. The summed E-state index contributed by atoms with van der Waals surface area (Å²) in [6.45, 7) is 0.851. The van der Waals surface area contributed by atoms with Gasteiger partial charge >= 0.3 is 0 Å². The smallest absolute Gasteiger partial charge is 0.255 e. The quantitative estimate of drug-likeness (QED) is 0.278. The molecule has 0 radical (unpaired) electrons. The van der Waals surface area contributed by atoms with E-state index < -0.39 is 58.0 Å². The second-order valence-corrected chi connectivity index (χ2v) is 12.7. The lowest BCUT2D eigenvalue weighted by Crippen LogP contribution is -2.65. The van der Waals surface area contributed by atoms with E-state index in [0.29, 0.717) is 16.8 Å². The first-order valence-corrected chi connectivity index (χ1v) is 14.6. The van der Waals surface area contributed by atoms with E-state index in [1.807, 2.05) is 30.9 Å². The van der Waals surface area contributed by atoms with Crippen LogP contribution < -0.4 is 10.6 Å². The first kappa shape index (κ1) is 30.7. The van der Waals surface area contributed by atoms with Crippen LogP contribution in [0.2, 0.25) is 0 Å². The molecule has 0 bridgehead atoms. The van der Waals surface area contributed by atoms with Gasteiger partial charge in [0.2, 0.25) is 5.78 Å². The van der Waals surface area contributed by atoms with E-state index in [1.54, 1.807) is 20.2 Å². The van der Waals surface area contributed by atoms with Gasteiger partial charge in [0, 0.05) is 37.7 Å². The molecule has 5 rings (SSSR count). The molecule has 12 nitrogen and oxygen atoms in total. The highest BCUT2D eigenvalue weighted by atomic mass is 16.3. The summed E-state index contributed by atoms with van der Waals surface area (Å²) in [5.74, 6) is -6.78. The standard InChI is InChI=1S/C31H40N4O8/c1-33(2)19-13-14(8-9-20(36)18-7-6-10-35(18)5)25(37)22-16(19)11-15-12-17-24(34(3)4)27(39)23(30(32)42)29(41)31(17,43)28(40)21(15)26(22)38/h13,15,17-18,24,37-38,41,43H,6-12H2,1-5H3,(H2,32,42)/t15-,17-,18-,24-,31-/m0/s1. The van der Waals surface area contributed by atoms with E-state index in [-0.39, 0.29) is 54.4 Å². The van der Waals surface area contributed by atoms with Gasteiger partial charge in [0.05, 0.1) is 17.6 Å². The van der Waals surface area contributed by atoms with Gasteiger partial charge in [-0.05, 0) is 82.9 Å². The van der Waals surface area contributed by atoms with Gasteiger partial charge in [-0.25, -0.2) is 0 Å². The van der Waals surface area contributed by atoms with E-state index in [0.717, 1.165) is 19.4 Å². The lowest BCUT2D eigenvalue weighted by atomic mass is 9.57. The van der Waals surface area contributed by atoms with Crippen LogP contribution in [0.3, 0.4) is 0 Å². The minimum absolute atomic E-state index is 0.0184. The van der Waals surface area contributed by atoms with Crippen LogP contribution in [0.15, 0.2) is 23.0 Å². The van der Waals surface area contributed by atoms with Crippen molar-refractivity contribution in [3.63, 3.8) is 0 Å². The van der Waals surface area contributed by atoms with Crippen molar-refractivity contribution in [3.05, 3.63) is 39.7 Å². The Morgan fingerprint density at radius 2 is 1.81 bits per heavy atom. The van der Waals surface area contributed by atoms with Crippen molar-refractivity contribution in [1.82, 2.24) is 9.80 Å². The number of nitrogens with two attached hydrogens (primary N) is 1. The number of aryl methyl sites for hydroxylation is 1. The molecule has 1 saturated carbocycles. The molecular formula is C31H40N4O8. The SMILES string of the molecule is CN(C)c1cc(CCC(=O)[C@@H]2CCCN2C)c(O)c2c1C[C@H]1C[C@H]3[C@H](N(C)C)C(=O)C(C(N)=O)=C(O)[C@@]3(O)C(=O)C1=C2O. The number of amides is 1. The first-order valence-electron chi connectivity index (χ1n) is 14.6. The fraction of sp³-hybridized carbons (Fsp3) is 0.548. The predicted octanol–water partition coefficient (Wildman–Crippen LogP) is 0.626. The van der Waals surface area contributed by atoms with Gasteiger partial charge in [0.15, 0.2) is 11.4 Å². The zero-order valence-corrected chi connectivity index (χ0v) is 25.2. The summed E-state index contributed by atoms with van der Waals surface area (Å²) >= 11 is 0. The lowest BCUT2D eigenvalue weighted by molar-refractivity contribution is -0.153. The van der Waals surface area contributed by atoms with Crippen LogP contribution in [-0.2, 0) is 32.0 Å². The number of primary amides is 1. The Bertz CT molecular complexity index is 1490. The number of fused-ring (bicyclic) bond motifs is 3. The molecule has 0 unspecified atom stereocenters. The number of carbonyl (C=O) groups is 4. The zero-order valence-electron chi connectivity index (χ0n) is 25.2. The summed E-state index contributed by atoms with van der Waals surface area (Å²) in [4.78, 5) is 57.9. The highest BCUT2D eigenvalue weighted by Crippen LogP contribution is 2.54. The van der Waals surface area contributed by atoms with Crippen LogP contribution in [0.25, 0.3) is 5.76 Å². The number of likely N-dealkylation sites (N-methyl/N-ethyl adjacent to an activating group) is 2. The van der Waals surface area contributed by atoms with Crippen LogP contribution in [0.1, 0.15) is 42.4 Å². The van der Waals surface area contributed by atoms with E-state index in [1.165, 1.54) is 4.90 Å². The summed E-state index contributed by atoms with van der Waals surface area (Å²) in [5.41, 5.74) is 3.38. The van der Waals surface area contributed by atoms with Crippen LogP contribution in [0, 0.1) is 11.8 Å². The fourth-order valence-corrected chi connectivity index (χ4v) is 7.68. The number of aliphatic hydroxyl groups excluding tert-OH is 2. The molecule has 0 spiro atoms.